The number of hydrogen-bond acceptors (Lipinski definition) is 5. The van der Waals surface area contributed by atoms with Crippen LogP contribution in [0.3, 0.4) is 0 Å². The number of nitrogens with two attached hydrogens (primary N) is 1. The Kier molecular flexibility index (Phi) is 8.37. The van der Waals surface area contributed by atoms with Gasteiger partial charge in [0, 0.05) is 25.9 Å². The maximum absolute atomic E-state index is 8.72. The van der Waals surface area contributed by atoms with Crippen LogP contribution in [0.15, 0.2) is 29.4 Å². The van der Waals surface area contributed by atoms with Gasteiger partial charge < -0.3 is 25.2 Å². The molecule has 6 nitrogen and oxygen atoms in total. The van der Waals surface area contributed by atoms with Gasteiger partial charge in [0.05, 0.1) is 19.8 Å². The van der Waals surface area contributed by atoms with Crippen LogP contribution in [0.25, 0.3) is 0 Å². The van der Waals surface area contributed by atoms with Gasteiger partial charge >= 0.3 is 0 Å². The lowest BCUT2D eigenvalue weighted by Gasteiger charge is -2.09. The summed E-state index contributed by atoms with van der Waals surface area (Å²) in [6.07, 6.45) is 0.878. The van der Waals surface area contributed by atoms with Gasteiger partial charge in [0.1, 0.15) is 0 Å². The van der Waals surface area contributed by atoms with Crippen molar-refractivity contribution in [2.45, 2.75) is 13.0 Å². The first-order valence-electron chi connectivity index (χ1n) is 6.49. The molecule has 0 aliphatic carbocycles. The molecule has 0 saturated heterocycles. The van der Waals surface area contributed by atoms with Crippen LogP contribution in [-0.2, 0) is 20.8 Å². The van der Waals surface area contributed by atoms with E-state index in [0.29, 0.717) is 38.6 Å². The topological polar surface area (TPSA) is 86.3 Å². The molecule has 0 radical (unpaired) electrons. The molecule has 112 valence electrons. The molecule has 6 heteroatoms. The van der Waals surface area contributed by atoms with Gasteiger partial charge in [-0.3, -0.25) is 0 Å². The van der Waals surface area contributed by atoms with E-state index in [1.54, 1.807) is 13.2 Å². The lowest BCUT2D eigenvalue weighted by molar-refractivity contribution is 0.0336. The fraction of sp³-hybridized carbons (Fsp3) is 0.500. The second-order valence-electron chi connectivity index (χ2n) is 4.15. The van der Waals surface area contributed by atoms with Gasteiger partial charge in [0.15, 0.2) is 5.84 Å². The summed E-state index contributed by atoms with van der Waals surface area (Å²) < 4.78 is 15.8. The van der Waals surface area contributed by atoms with Crippen molar-refractivity contribution in [1.29, 1.82) is 0 Å². The molecule has 0 heterocycles. The number of benzene rings is 1. The molecule has 0 fully saturated rings. The molecule has 0 unspecified atom stereocenters. The van der Waals surface area contributed by atoms with Crippen molar-refractivity contribution in [2.75, 3.05) is 33.5 Å². The highest BCUT2D eigenvalue weighted by atomic mass is 16.5. The zero-order chi connectivity index (χ0) is 14.6. The largest absolute Gasteiger partial charge is 0.409 e. The predicted molar refractivity (Wildman–Crippen MR) is 75.9 cm³/mol. The highest BCUT2D eigenvalue weighted by molar-refractivity contribution is 5.98. The zero-order valence-electron chi connectivity index (χ0n) is 11.7. The second-order valence-corrected chi connectivity index (χ2v) is 4.15. The van der Waals surface area contributed by atoms with Crippen molar-refractivity contribution in [3.63, 3.8) is 0 Å². The van der Waals surface area contributed by atoms with Gasteiger partial charge in [-0.05, 0) is 12.0 Å². The van der Waals surface area contributed by atoms with Crippen LogP contribution in [-0.4, -0.2) is 44.6 Å². The van der Waals surface area contributed by atoms with Crippen LogP contribution in [0.1, 0.15) is 17.5 Å². The lowest BCUT2D eigenvalue weighted by atomic mass is 10.1. The third-order valence-corrected chi connectivity index (χ3v) is 2.67. The van der Waals surface area contributed by atoms with Gasteiger partial charge in [-0.25, -0.2) is 0 Å². The Labute approximate surface area is 119 Å². The molecule has 0 aliphatic heterocycles. The third kappa shape index (κ3) is 6.01. The number of hydrogen-bond donors (Lipinski definition) is 2. The van der Waals surface area contributed by atoms with E-state index in [1.165, 1.54) is 0 Å². The predicted octanol–water partition coefficient (Wildman–Crippen LogP) is 1.35. The smallest absolute Gasteiger partial charge is 0.170 e. The number of rotatable bonds is 10. The third-order valence-electron chi connectivity index (χ3n) is 2.67. The molecule has 0 saturated carbocycles. The Morgan fingerprint density at radius 2 is 1.90 bits per heavy atom. The Hall–Kier alpha value is -1.63. The fourth-order valence-electron chi connectivity index (χ4n) is 1.66. The first-order chi connectivity index (χ1) is 9.79. The van der Waals surface area contributed by atoms with E-state index in [4.69, 9.17) is 25.2 Å². The summed E-state index contributed by atoms with van der Waals surface area (Å²) >= 11 is 0. The molecule has 0 atom stereocenters. The maximum Gasteiger partial charge on any atom is 0.170 e. The fourth-order valence-corrected chi connectivity index (χ4v) is 1.66. The molecule has 3 N–H and O–H groups in total. The molecule has 20 heavy (non-hydrogen) atoms. The van der Waals surface area contributed by atoms with E-state index in [0.717, 1.165) is 12.0 Å². The number of methoxy groups -OCH3 is 1. The van der Waals surface area contributed by atoms with Crippen molar-refractivity contribution in [1.82, 2.24) is 0 Å². The van der Waals surface area contributed by atoms with Crippen molar-refractivity contribution >= 4 is 5.84 Å². The van der Waals surface area contributed by atoms with E-state index in [9.17, 15) is 0 Å². The monoisotopic (exact) mass is 282 g/mol. The van der Waals surface area contributed by atoms with Gasteiger partial charge in [-0.1, -0.05) is 29.4 Å². The number of ether oxygens (including phenoxy) is 3. The molecule has 0 spiro atoms. The number of amidine groups is 1. The van der Waals surface area contributed by atoms with E-state index in [2.05, 4.69) is 5.16 Å². The van der Waals surface area contributed by atoms with Gasteiger partial charge in [0.2, 0.25) is 0 Å². The zero-order valence-corrected chi connectivity index (χ0v) is 11.7. The quantitative estimate of drug-likeness (QED) is 0.222. The van der Waals surface area contributed by atoms with Crippen LogP contribution in [0.5, 0.6) is 0 Å². The molecule has 0 amide bonds. The van der Waals surface area contributed by atoms with Crippen molar-refractivity contribution in [3.05, 3.63) is 35.4 Å². The Morgan fingerprint density at radius 3 is 2.65 bits per heavy atom. The molecule has 1 aromatic rings. The SMILES string of the molecule is COCCCOCCOCc1ccccc1/C(N)=N/O. The highest BCUT2D eigenvalue weighted by Gasteiger charge is 2.05. The van der Waals surface area contributed by atoms with E-state index < -0.39 is 0 Å². The summed E-state index contributed by atoms with van der Waals surface area (Å²) in [5.74, 6) is 0.0833. The first-order valence-corrected chi connectivity index (χ1v) is 6.49. The van der Waals surface area contributed by atoms with E-state index in [1.807, 2.05) is 18.2 Å². The molecule has 0 aromatic heterocycles. The van der Waals surface area contributed by atoms with Crippen LogP contribution in [0.2, 0.25) is 0 Å². The van der Waals surface area contributed by atoms with E-state index in [-0.39, 0.29) is 5.84 Å². The second kappa shape index (κ2) is 10.2. The Bertz CT molecular complexity index is 410. The van der Waals surface area contributed by atoms with Crippen LogP contribution in [0.4, 0.5) is 0 Å². The summed E-state index contributed by atoms with van der Waals surface area (Å²) in [4.78, 5) is 0. The minimum atomic E-state index is 0.0833. The standard InChI is InChI=1S/C14H22N2O4/c1-18-7-4-8-19-9-10-20-11-12-5-2-3-6-13(12)14(15)16-17/h2-3,5-6,17H,4,7-11H2,1H3,(H2,15,16). The van der Waals surface area contributed by atoms with E-state index >= 15 is 0 Å². The van der Waals surface area contributed by atoms with Gasteiger partial charge in [-0.2, -0.15) is 0 Å². The van der Waals surface area contributed by atoms with Crippen LogP contribution in [0, 0.1) is 0 Å². The average Bonchev–Trinajstić information content (AvgIpc) is 2.49. The number of nitrogens with zero attached hydrogens (tertiary/aromatic N) is 1. The summed E-state index contributed by atoms with van der Waals surface area (Å²) in [7, 11) is 1.67. The maximum atomic E-state index is 8.72. The summed E-state index contributed by atoms with van der Waals surface area (Å²) in [6.45, 7) is 2.80. The Morgan fingerprint density at radius 1 is 1.15 bits per heavy atom. The minimum Gasteiger partial charge on any atom is -0.409 e. The molecule has 1 aromatic carbocycles. The molecule has 1 rings (SSSR count). The van der Waals surface area contributed by atoms with Gasteiger partial charge in [-0.15, -0.1) is 0 Å². The van der Waals surface area contributed by atoms with Crippen LogP contribution >= 0.6 is 0 Å². The average molecular weight is 282 g/mol. The summed E-state index contributed by atoms with van der Waals surface area (Å²) in [5, 5.41) is 11.7. The summed E-state index contributed by atoms with van der Waals surface area (Å²) in [6, 6.07) is 7.38. The summed E-state index contributed by atoms with van der Waals surface area (Å²) in [5.41, 5.74) is 7.16. The van der Waals surface area contributed by atoms with Crippen molar-refractivity contribution in [2.24, 2.45) is 10.9 Å². The van der Waals surface area contributed by atoms with Crippen LogP contribution < -0.4 is 5.73 Å². The first kappa shape index (κ1) is 16.4. The van der Waals surface area contributed by atoms with Crippen molar-refractivity contribution < 1.29 is 19.4 Å². The Balaban J connectivity index is 2.25. The lowest BCUT2D eigenvalue weighted by Crippen LogP contribution is -2.16. The van der Waals surface area contributed by atoms with Gasteiger partial charge in [0.25, 0.3) is 0 Å². The highest BCUT2D eigenvalue weighted by Crippen LogP contribution is 2.09. The number of oxime groups is 1. The molecule has 0 aliphatic rings. The normalized spacial score (nSPS) is 11.8. The molecular formula is C14H22N2O4. The molecular weight excluding hydrogens is 260 g/mol. The minimum absolute atomic E-state index is 0.0833. The van der Waals surface area contributed by atoms with Crippen molar-refractivity contribution in [3.8, 4) is 0 Å². The molecule has 0 bridgehead atoms.